The van der Waals surface area contributed by atoms with E-state index in [-0.39, 0.29) is 0 Å². The number of hydrogen-bond acceptors (Lipinski definition) is 3. The zero-order valence-electron chi connectivity index (χ0n) is 15.1. The van der Waals surface area contributed by atoms with Crippen LogP contribution in [0.15, 0.2) is 17.4 Å². The Morgan fingerprint density at radius 1 is 1.30 bits per heavy atom. The predicted octanol–water partition coefficient (Wildman–Crippen LogP) is 2.41. The molecule has 0 amide bonds. The van der Waals surface area contributed by atoms with Gasteiger partial charge in [-0.15, -0.1) is 0 Å². The number of aromatic nitrogens is 2. The molecule has 0 spiro atoms. The second kappa shape index (κ2) is 11.9. The van der Waals surface area contributed by atoms with Gasteiger partial charge in [0.05, 0.1) is 6.54 Å². The van der Waals surface area contributed by atoms with Crippen LogP contribution in [0.1, 0.15) is 45.9 Å². The molecule has 1 rings (SSSR count). The van der Waals surface area contributed by atoms with Crippen LogP contribution >= 0.6 is 0 Å². The maximum Gasteiger partial charge on any atom is 0.191 e. The standard InChI is InChI=1S/C17H33N5O/c1-5-6-11-23-12-7-8-20-17(18-4)21-13-16-19-9-10-22(16)14-15(2)3/h9-10,15H,5-8,11-14H2,1-4H3,(H2,18,20,21). The number of hydrogen-bond donors (Lipinski definition) is 2. The fourth-order valence-electron chi connectivity index (χ4n) is 2.18. The molecule has 0 saturated carbocycles. The third kappa shape index (κ3) is 8.59. The van der Waals surface area contributed by atoms with Crippen molar-refractivity contribution < 1.29 is 4.74 Å². The molecule has 0 radical (unpaired) electrons. The topological polar surface area (TPSA) is 63.5 Å². The first-order valence-electron chi connectivity index (χ1n) is 8.69. The molecule has 0 atom stereocenters. The van der Waals surface area contributed by atoms with Gasteiger partial charge in [-0.25, -0.2) is 4.98 Å². The third-order valence-corrected chi connectivity index (χ3v) is 3.40. The molecule has 2 N–H and O–H groups in total. The smallest absolute Gasteiger partial charge is 0.191 e. The first kappa shape index (κ1) is 19.5. The maximum atomic E-state index is 5.55. The highest BCUT2D eigenvalue weighted by atomic mass is 16.5. The Labute approximate surface area is 140 Å². The summed E-state index contributed by atoms with van der Waals surface area (Å²) in [5.74, 6) is 2.44. The van der Waals surface area contributed by atoms with Gasteiger partial charge in [0.2, 0.25) is 0 Å². The molecule has 23 heavy (non-hydrogen) atoms. The predicted molar refractivity (Wildman–Crippen MR) is 95.6 cm³/mol. The van der Waals surface area contributed by atoms with E-state index in [0.29, 0.717) is 12.5 Å². The average Bonchev–Trinajstić information content (AvgIpc) is 2.95. The lowest BCUT2D eigenvalue weighted by Crippen LogP contribution is -2.38. The van der Waals surface area contributed by atoms with Crippen LogP contribution in [0.5, 0.6) is 0 Å². The van der Waals surface area contributed by atoms with Crippen LogP contribution in [-0.2, 0) is 17.8 Å². The van der Waals surface area contributed by atoms with Crippen molar-refractivity contribution in [2.75, 3.05) is 26.8 Å². The number of rotatable bonds is 11. The number of ether oxygens (including phenoxy) is 1. The van der Waals surface area contributed by atoms with Crippen molar-refractivity contribution in [1.82, 2.24) is 20.2 Å². The molecule has 0 bridgehead atoms. The second-order valence-corrected chi connectivity index (χ2v) is 6.06. The monoisotopic (exact) mass is 323 g/mol. The first-order chi connectivity index (χ1) is 11.2. The Balaban J connectivity index is 2.23. The SMILES string of the molecule is CCCCOCCCNC(=NC)NCc1nccn1CC(C)C. The minimum atomic E-state index is 0.605. The second-order valence-electron chi connectivity index (χ2n) is 6.06. The van der Waals surface area contributed by atoms with Crippen molar-refractivity contribution in [3.63, 3.8) is 0 Å². The maximum absolute atomic E-state index is 5.55. The Hall–Kier alpha value is -1.56. The van der Waals surface area contributed by atoms with Crippen molar-refractivity contribution >= 4 is 5.96 Å². The van der Waals surface area contributed by atoms with Gasteiger partial charge in [-0.2, -0.15) is 0 Å². The van der Waals surface area contributed by atoms with E-state index in [0.717, 1.165) is 50.9 Å². The third-order valence-electron chi connectivity index (χ3n) is 3.40. The summed E-state index contributed by atoms with van der Waals surface area (Å²) in [4.78, 5) is 8.65. The van der Waals surface area contributed by atoms with E-state index in [4.69, 9.17) is 4.74 Å². The summed E-state index contributed by atoms with van der Waals surface area (Å²) in [6, 6.07) is 0. The Morgan fingerprint density at radius 3 is 2.78 bits per heavy atom. The Bertz CT molecular complexity index is 442. The van der Waals surface area contributed by atoms with Crippen LogP contribution in [0, 0.1) is 5.92 Å². The minimum Gasteiger partial charge on any atom is -0.381 e. The zero-order valence-corrected chi connectivity index (χ0v) is 15.1. The van der Waals surface area contributed by atoms with E-state index in [2.05, 4.69) is 45.9 Å². The molecule has 1 heterocycles. The summed E-state index contributed by atoms with van der Waals surface area (Å²) >= 11 is 0. The van der Waals surface area contributed by atoms with Crippen LogP contribution in [-0.4, -0.2) is 42.3 Å². The number of nitrogens with one attached hydrogen (secondary N) is 2. The average molecular weight is 323 g/mol. The largest absolute Gasteiger partial charge is 0.381 e. The van der Waals surface area contributed by atoms with Crippen LogP contribution < -0.4 is 10.6 Å². The van der Waals surface area contributed by atoms with E-state index < -0.39 is 0 Å². The van der Waals surface area contributed by atoms with E-state index >= 15 is 0 Å². The highest BCUT2D eigenvalue weighted by molar-refractivity contribution is 5.79. The van der Waals surface area contributed by atoms with Crippen molar-refractivity contribution in [2.24, 2.45) is 10.9 Å². The molecule has 6 heteroatoms. The molecule has 1 aromatic heterocycles. The fourth-order valence-corrected chi connectivity index (χ4v) is 2.18. The lowest BCUT2D eigenvalue weighted by molar-refractivity contribution is 0.129. The van der Waals surface area contributed by atoms with Gasteiger partial charge in [0.15, 0.2) is 5.96 Å². The Morgan fingerprint density at radius 2 is 2.09 bits per heavy atom. The van der Waals surface area contributed by atoms with Gasteiger partial charge in [-0.05, 0) is 18.8 Å². The van der Waals surface area contributed by atoms with Crippen LogP contribution in [0.4, 0.5) is 0 Å². The molecular formula is C17H33N5O. The van der Waals surface area contributed by atoms with E-state index in [9.17, 15) is 0 Å². The van der Waals surface area contributed by atoms with Gasteiger partial charge in [0, 0.05) is 45.7 Å². The molecule has 6 nitrogen and oxygen atoms in total. The number of guanidine groups is 1. The summed E-state index contributed by atoms with van der Waals surface area (Å²) in [6.45, 7) is 10.8. The molecular weight excluding hydrogens is 290 g/mol. The summed E-state index contributed by atoms with van der Waals surface area (Å²) in [5.41, 5.74) is 0. The molecule has 0 aliphatic heterocycles. The minimum absolute atomic E-state index is 0.605. The fraction of sp³-hybridized carbons (Fsp3) is 0.765. The summed E-state index contributed by atoms with van der Waals surface area (Å²) in [6.07, 6.45) is 7.18. The summed E-state index contributed by atoms with van der Waals surface area (Å²) in [7, 11) is 1.79. The van der Waals surface area contributed by atoms with Crippen molar-refractivity contribution in [3.05, 3.63) is 18.2 Å². The number of nitrogens with zero attached hydrogens (tertiary/aromatic N) is 3. The quantitative estimate of drug-likeness (QED) is 0.373. The highest BCUT2D eigenvalue weighted by Crippen LogP contribution is 2.03. The van der Waals surface area contributed by atoms with Crippen LogP contribution in [0.2, 0.25) is 0 Å². The van der Waals surface area contributed by atoms with Crippen LogP contribution in [0.25, 0.3) is 0 Å². The zero-order chi connectivity index (χ0) is 16.9. The van der Waals surface area contributed by atoms with Gasteiger partial charge < -0.3 is 19.9 Å². The first-order valence-corrected chi connectivity index (χ1v) is 8.69. The van der Waals surface area contributed by atoms with Crippen molar-refractivity contribution in [3.8, 4) is 0 Å². The highest BCUT2D eigenvalue weighted by Gasteiger charge is 2.05. The van der Waals surface area contributed by atoms with E-state index in [1.807, 2.05) is 12.4 Å². The lowest BCUT2D eigenvalue weighted by Gasteiger charge is -2.14. The van der Waals surface area contributed by atoms with Crippen molar-refractivity contribution in [2.45, 2.75) is 53.1 Å². The normalized spacial score (nSPS) is 12.0. The number of aliphatic imine (C=N–C) groups is 1. The van der Waals surface area contributed by atoms with Crippen molar-refractivity contribution in [1.29, 1.82) is 0 Å². The van der Waals surface area contributed by atoms with Gasteiger partial charge in [-0.3, -0.25) is 4.99 Å². The molecule has 0 unspecified atom stereocenters. The molecule has 0 saturated heterocycles. The number of imidazole rings is 1. The summed E-state index contributed by atoms with van der Waals surface area (Å²) in [5, 5.41) is 6.62. The molecule has 0 aromatic carbocycles. The van der Waals surface area contributed by atoms with Gasteiger partial charge >= 0.3 is 0 Å². The molecule has 1 aromatic rings. The van der Waals surface area contributed by atoms with E-state index in [1.54, 1.807) is 7.05 Å². The lowest BCUT2D eigenvalue weighted by atomic mass is 10.2. The van der Waals surface area contributed by atoms with Gasteiger partial charge in [0.25, 0.3) is 0 Å². The molecule has 0 fully saturated rings. The van der Waals surface area contributed by atoms with Gasteiger partial charge in [-0.1, -0.05) is 27.2 Å². The van der Waals surface area contributed by atoms with Gasteiger partial charge in [0.1, 0.15) is 5.82 Å². The molecule has 0 aliphatic rings. The number of unbranched alkanes of at least 4 members (excludes halogenated alkanes) is 1. The van der Waals surface area contributed by atoms with E-state index in [1.165, 1.54) is 6.42 Å². The summed E-state index contributed by atoms with van der Waals surface area (Å²) < 4.78 is 7.73. The molecule has 132 valence electrons. The Kier molecular flexibility index (Phi) is 10.1. The molecule has 0 aliphatic carbocycles. The van der Waals surface area contributed by atoms with Crippen LogP contribution in [0.3, 0.4) is 0 Å².